The minimum atomic E-state index is -0.199. The summed E-state index contributed by atoms with van der Waals surface area (Å²) in [6, 6.07) is 20.1. The van der Waals surface area contributed by atoms with E-state index in [-0.39, 0.29) is 17.3 Å². The van der Waals surface area contributed by atoms with Crippen molar-refractivity contribution >= 4 is 5.78 Å². The molecule has 0 bridgehead atoms. The lowest BCUT2D eigenvalue weighted by atomic mass is 9.82. The van der Waals surface area contributed by atoms with Crippen molar-refractivity contribution in [2.75, 3.05) is 13.1 Å². The van der Waals surface area contributed by atoms with Crippen molar-refractivity contribution in [2.24, 2.45) is 0 Å². The molecule has 1 unspecified atom stereocenters. The minimum Gasteiger partial charge on any atom is -0.328 e. The van der Waals surface area contributed by atoms with Crippen LogP contribution < -0.4 is 10.9 Å². The maximum Gasteiger partial charge on any atom is 0.247 e. The van der Waals surface area contributed by atoms with Gasteiger partial charge in [-0.3, -0.25) is 9.59 Å². The fourth-order valence-corrected chi connectivity index (χ4v) is 4.43. The quantitative estimate of drug-likeness (QED) is 0.597. The van der Waals surface area contributed by atoms with Crippen molar-refractivity contribution in [2.45, 2.75) is 38.0 Å². The van der Waals surface area contributed by atoms with Crippen LogP contribution in [0.3, 0.4) is 0 Å². The monoisotopic (exact) mass is 400 g/mol. The molecule has 0 radical (unpaired) electrons. The molecule has 0 aliphatic carbocycles. The van der Waals surface area contributed by atoms with Crippen molar-refractivity contribution < 1.29 is 4.79 Å². The van der Waals surface area contributed by atoms with Gasteiger partial charge in [-0.15, -0.1) is 0 Å². The summed E-state index contributed by atoms with van der Waals surface area (Å²) in [5.74, 6) is 0.620. The lowest BCUT2D eigenvalue weighted by Crippen LogP contribution is -2.26. The zero-order chi connectivity index (χ0) is 20.9. The molecule has 1 saturated heterocycles. The fraction of sp³-hybridized carbons (Fsp3) is 0.308. The molecule has 4 rings (SSSR count). The number of carbonyl (C=O) groups excluding carboxylic acids is 1. The van der Waals surface area contributed by atoms with Crippen LogP contribution in [0.15, 0.2) is 71.7 Å². The van der Waals surface area contributed by atoms with Gasteiger partial charge in [0, 0.05) is 30.2 Å². The molecule has 4 nitrogen and oxygen atoms in total. The normalized spacial score (nSPS) is 15.6. The lowest BCUT2D eigenvalue weighted by Gasteiger charge is -2.24. The Hall–Kier alpha value is -2.98. The van der Waals surface area contributed by atoms with Gasteiger partial charge in [0.05, 0.1) is 0 Å². The third-order valence-electron chi connectivity index (χ3n) is 6.21. The molecule has 30 heavy (non-hydrogen) atoms. The molecule has 0 amide bonds. The van der Waals surface area contributed by atoms with E-state index in [4.69, 9.17) is 0 Å². The molecule has 0 saturated carbocycles. The molecule has 1 fully saturated rings. The van der Waals surface area contributed by atoms with Crippen LogP contribution in [0.25, 0.3) is 0 Å². The number of hydrogen-bond acceptors (Lipinski definition) is 3. The first-order chi connectivity index (χ1) is 14.6. The Kier molecular flexibility index (Phi) is 6.24. The number of nitrogens with one attached hydrogen (secondary N) is 2. The Bertz CT molecular complexity index is 1040. The SMILES string of the molecule is Cc1ccccc1C(CC(=O)c1ccc(=O)[nH]c1)c1ccc(C2CCNCC2)cc1. The van der Waals surface area contributed by atoms with Gasteiger partial charge in [0.25, 0.3) is 0 Å². The number of aromatic nitrogens is 1. The number of Topliss-reactive ketones (excluding diaryl/α,β-unsaturated/α-hetero) is 1. The van der Waals surface area contributed by atoms with Crippen LogP contribution in [0.5, 0.6) is 0 Å². The van der Waals surface area contributed by atoms with Crippen LogP contribution >= 0.6 is 0 Å². The van der Waals surface area contributed by atoms with Crippen LogP contribution in [0, 0.1) is 6.92 Å². The number of pyridine rings is 1. The van der Waals surface area contributed by atoms with Gasteiger partial charge >= 0.3 is 0 Å². The highest BCUT2D eigenvalue weighted by molar-refractivity contribution is 5.96. The van der Waals surface area contributed by atoms with E-state index in [0.717, 1.165) is 18.7 Å². The van der Waals surface area contributed by atoms with E-state index in [9.17, 15) is 9.59 Å². The minimum absolute atomic E-state index is 0.0206. The zero-order valence-corrected chi connectivity index (χ0v) is 17.4. The predicted molar refractivity (Wildman–Crippen MR) is 120 cm³/mol. The number of carbonyl (C=O) groups is 1. The number of aromatic amines is 1. The van der Waals surface area contributed by atoms with E-state index in [2.05, 4.69) is 53.6 Å². The smallest absolute Gasteiger partial charge is 0.247 e. The van der Waals surface area contributed by atoms with Crippen molar-refractivity contribution in [1.82, 2.24) is 10.3 Å². The molecular formula is C26H28N2O2. The number of ketones is 1. The van der Waals surface area contributed by atoms with Crippen LogP contribution in [-0.2, 0) is 0 Å². The molecule has 0 spiro atoms. The van der Waals surface area contributed by atoms with Gasteiger partial charge in [-0.25, -0.2) is 0 Å². The first-order valence-electron chi connectivity index (χ1n) is 10.7. The summed E-state index contributed by atoms with van der Waals surface area (Å²) < 4.78 is 0. The Morgan fingerprint density at radius 3 is 2.40 bits per heavy atom. The van der Waals surface area contributed by atoms with Crippen molar-refractivity contribution in [3.8, 4) is 0 Å². The molecule has 1 aromatic heterocycles. The summed E-state index contributed by atoms with van der Waals surface area (Å²) in [6.45, 7) is 4.24. The average Bonchev–Trinajstić information content (AvgIpc) is 2.79. The Balaban J connectivity index is 1.63. The molecular weight excluding hydrogens is 372 g/mol. The van der Waals surface area contributed by atoms with Gasteiger partial charge in [0.15, 0.2) is 5.78 Å². The lowest BCUT2D eigenvalue weighted by molar-refractivity contribution is 0.0977. The zero-order valence-electron chi connectivity index (χ0n) is 17.4. The van der Waals surface area contributed by atoms with Crippen LogP contribution in [0.2, 0.25) is 0 Å². The second kappa shape index (κ2) is 9.23. The Morgan fingerprint density at radius 2 is 1.73 bits per heavy atom. The van der Waals surface area contributed by atoms with Crippen LogP contribution in [0.4, 0.5) is 0 Å². The van der Waals surface area contributed by atoms with Crippen LogP contribution in [-0.4, -0.2) is 23.9 Å². The van der Waals surface area contributed by atoms with E-state index in [1.165, 1.54) is 41.8 Å². The molecule has 1 atom stereocenters. The second-order valence-electron chi connectivity index (χ2n) is 8.17. The molecule has 154 valence electrons. The third-order valence-corrected chi connectivity index (χ3v) is 6.21. The molecule has 4 heteroatoms. The molecule has 3 aromatic rings. The van der Waals surface area contributed by atoms with Gasteiger partial charge < -0.3 is 10.3 Å². The maximum absolute atomic E-state index is 13.0. The number of piperidine rings is 1. The fourth-order valence-electron chi connectivity index (χ4n) is 4.43. The first-order valence-corrected chi connectivity index (χ1v) is 10.7. The highest BCUT2D eigenvalue weighted by Gasteiger charge is 2.22. The molecule has 2 heterocycles. The topological polar surface area (TPSA) is 62.0 Å². The number of hydrogen-bond donors (Lipinski definition) is 2. The number of rotatable bonds is 6. The van der Waals surface area contributed by atoms with E-state index >= 15 is 0 Å². The molecule has 2 aromatic carbocycles. The Morgan fingerprint density at radius 1 is 1.00 bits per heavy atom. The van der Waals surface area contributed by atoms with Gasteiger partial charge in [-0.1, -0.05) is 48.5 Å². The molecule has 1 aliphatic rings. The highest BCUT2D eigenvalue weighted by Crippen LogP contribution is 2.33. The average molecular weight is 401 g/mol. The second-order valence-corrected chi connectivity index (χ2v) is 8.17. The summed E-state index contributed by atoms with van der Waals surface area (Å²) in [5, 5.41) is 3.42. The van der Waals surface area contributed by atoms with E-state index in [1.54, 1.807) is 6.07 Å². The highest BCUT2D eigenvalue weighted by atomic mass is 16.1. The Labute approximate surface area is 177 Å². The summed E-state index contributed by atoms with van der Waals surface area (Å²) in [4.78, 5) is 27.0. The van der Waals surface area contributed by atoms with Crippen molar-refractivity contribution in [1.29, 1.82) is 0 Å². The summed E-state index contributed by atoms with van der Waals surface area (Å²) >= 11 is 0. The first kappa shape index (κ1) is 20.3. The standard InChI is InChI=1S/C26H28N2O2/c1-18-4-2-3-5-23(18)24(16-25(29)22-10-11-26(30)28-17-22)21-8-6-19(7-9-21)20-12-14-27-15-13-20/h2-11,17,20,24,27H,12-16H2,1H3,(H,28,30). The number of H-pyrrole nitrogens is 1. The molecule has 1 aliphatic heterocycles. The third kappa shape index (κ3) is 4.60. The van der Waals surface area contributed by atoms with Gasteiger partial charge in [-0.2, -0.15) is 0 Å². The molecule has 2 N–H and O–H groups in total. The van der Waals surface area contributed by atoms with E-state index in [1.807, 2.05) is 12.1 Å². The van der Waals surface area contributed by atoms with Gasteiger partial charge in [0.1, 0.15) is 0 Å². The predicted octanol–water partition coefficient (Wildman–Crippen LogP) is 4.56. The number of benzene rings is 2. The number of aryl methyl sites for hydroxylation is 1. The summed E-state index contributed by atoms with van der Waals surface area (Å²) in [5.41, 5.74) is 5.23. The van der Waals surface area contributed by atoms with E-state index < -0.39 is 0 Å². The summed E-state index contributed by atoms with van der Waals surface area (Å²) in [7, 11) is 0. The maximum atomic E-state index is 13.0. The van der Waals surface area contributed by atoms with Crippen molar-refractivity contribution in [3.05, 3.63) is 105 Å². The largest absolute Gasteiger partial charge is 0.328 e. The van der Waals surface area contributed by atoms with Crippen molar-refractivity contribution in [3.63, 3.8) is 0 Å². The van der Waals surface area contributed by atoms with Gasteiger partial charge in [-0.05, 0) is 67.1 Å². The van der Waals surface area contributed by atoms with Gasteiger partial charge in [0.2, 0.25) is 5.56 Å². The van der Waals surface area contributed by atoms with E-state index in [0.29, 0.717) is 17.9 Å². The van der Waals surface area contributed by atoms with Crippen LogP contribution in [0.1, 0.15) is 63.7 Å². The summed E-state index contributed by atoms with van der Waals surface area (Å²) in [6.07, 6.45) is 4.22.